The number of benzene rings is 1. The van der Waals surface area contributed by atoms with E-state index in [0.717, 1.165) is 24.8 Å². The van der Waals surface area contributed by atoms with Crippen molar-refractivity contribution in [3.8, 4) is 0 Å². The lowest BCUT2D eigenvalue weighted by Gasteiger charge is -2.54. The van der Waals surface area contributed by atoms with Crippen LogP contribution < -0.4 is 0 Å². The monoisotopic (exact) mass is 400 g/mol. The molecule has 0 amide bonds. The smallest absolute Gasteiger partial charge is 0.306 e. The van der Waals surface area contributed by atoms with Crippen LogP contribution in [0, 0.1) is 11.3 Å². The molecule has 29 heavy (non-hydrogen) atoms. The molecule has 0 radical (unpaired) electrons. The van der Waals surface area contributed by atoms with Gasteiger partial charge < -0.3 is 9.84 Å². The van der Waals surface area contributed by atoms with E-state index in [0.29, 0.717) is 17.5 Å². The Bertz CT molecular complexity index is 872. The summed E-state index contributed by atoms with van der Waals surface area (Å²) in [4.78, 5) is 47.3. The van der Waals surface area contributed by atoms with Crippen LogP contribution in [0.25, 0.3) is 0 Å². The number of hydrogen-bond acceptors (Lipinski definition) is 5. The average molecular weight is 400 g/mol. The lowest BCUT2D eigenvalue weighted by molar-refractivity contribution is -0.153. The summed E-state index contributed by atoms with van der Waals surface area (Å²) in [5, 5.41) is 8.73. The molecule has 156 valence electrons. The van der Waals surface area contributed by atoms with Gasteiger partial charge in [-0.2, -0.15) is 0 Å². The van der Waals surface area contributed by atoms with E-state index in [-0.39, 0.29) is 47.8 Å². The van der Waals surface area contributed by atoms with Crippen molar-refractivity contribution in [3.63, 3.8) is 0 Å². The van der Waals surface area contributed by atoms with Crippen LogP contribution in [0.5, 0.6) is 0 Å². The van der Waals surface area contributed by atoms with Crippen molar-refractivity contribution in [2.24, 2.45) is 11.3 Å². The molecule has 3 unspecified atom stereocenters. The molecule has 0 aromatic heterocycles. The lowest BCUT2D eigenvalue weighted by atomic mass is 9.50. The summed E-state index contributed by atoms with van der Waals surface area (Å²) in [5.41, 5.74) is 1.56. The summed E-state index contributed by atoms with van der Waals surface area (Å²) in [6.07, 6.45) is 2.67. The van der Waals surface area contributed by atoms with Gasteiger partial charge in [0.15, 0.2) is 11.6 Å². The SMILES string of the molecule is CC(=O)c1ccc2c(c1)C(=O)CC1C(C)(COC(=O)CCC(=O)O)CCCC21C. The van der Waals surface area contributed by atoms with Crippen LogP contribution in [0.15, 0.2) is 18.2 Å². The predicted molar refractivity (Wildman–Crippen MR) is 106 cm³/mol. The maximum Gasteiger partial charge on any atom is 0.306 e. The first-order valence-electron chi connectivity index (χ1n) is 10.1. The van der Waals surface area contributed by atoms with Crippen molar-refractivity contribution in [2.75, 3.05) is 6.61 Å². The third-order valence-corrected chi connectivity index (χ3v) is 6.89. The van der Waals surface area contributed by atoms with Crippen molar-refractivity contribution in [3.05, 3.63) is 34.9 Å². The predicted octanol–water partition coefficient (Wildman–Crippen LogP) is 3.95. The van der Waals surface area contributed by atoms with Gasteiger partial charge in [0.25, 0.3) is 0 Å². The maximum atomic E-state index is 13.0. The van der Waals surface area contributed by atoms with E-state index in [1.807, 2.05) is 6.07 Å². The maximum absolute atomic E-state index is 13.0. The Morgan fingerprint density at radius 1 is 1.17 bits per heavy atom. The third-order valence-electron chi connectivity index (χ3n) is 6.89. The van der Waals surface area contributed by atoms with Crippen LogP contribution in [0.3, 0.4) is 0 Å². The molecule has 1 aromatic carbocycles. The number of ether oxygens (including phenoxy) is 1. The first-order chi connectivity index (χ1) is 13.6. The van der Waals surface area contributed by atoms with E-state index in [4.69, 9.17) is 9.84 Å². The van der Waals surface area contributed by atoms with Crippen molar-refractivity contribution in [2.45, 2.75) is 64.7 Å². The summed E-state index contributed by atoms with van der Waals surface area (Å²) in [6, 6.07) is 5.43. The Labute approximate surface area is 170 Å². The molecule has 0 bridgehead atoms. The highest BCUT2D eigenvalue weighted by molar-refractivity contribution is 6.03. The Balaban J connectivity index is 1.86. The molecule has 0 aliphatic heterocycles. The number of carboxylic acid groups (broad SMARTS) is 1. The fourth-order valence-electron chi connectivity index (χ4n) is 5.26. The second-order valence-electron chi connectivity index (χ2n) is 8.98. The fraction of sp³-hybridized carbons (Fsp3) is 0.565. The topological polar surface area (TPSA) is 97.7 Å². The van der Waals surface area contributed by atoms with Gasteiger partial charge in [0.1, 0.15) is 0 Å². The number of carboxylic acids is 1. The Morgan fingerprint density at radius 3 is 2.55 bits per heavy atom. The number of rotatable bonds is 6. The van der Waals surface area contributed by atoms with E-state index in [1.165, 1.54) is 6.92 Å². The number of Topliss-reactive ketones (excluding diaryl/α,β-unsaturated/α-hetero) is 2. The highest BCUT2D eigenvalue weighted by atomic mass is 16.5. The summed E-state index contributed by atoms with van der Waals surface area (Å²) in [7, 11) is 0. The number of esters is 1. The van der Waals surface area contributed by atoms with Gasteiger partial charge in [0.05, 0.1) is 19.4 Å². The Kier molecular flexibility index (Phi) is 5.65. The van der Waals surface area contributed by atoms with Crippen molar-refractivity contribution < 1.29 is 29.0 Å². The van der Waals surface area contributed by atoms with Crippen LogP contribution in [0.2, 0.25) is 0 Å². The highest BCUT2D eigenvalue weighted by Gasteiger charge is 2.54. The van der Waals surface area contributed by atoms with E-state index >= 15 is 0 Å². The fourth-order valence-corrected chi connectivity index (χ4v) is 5.26. The third kappa shape index (κ3) is 3.98. The van der Waals surface area contributed by atoms with Crippen LogP contribution >= 0.6 is 0 Å². The number of fused-ring (bicyclic) bond motifs is 3. The molecule has 0 spiro atoms. The molecule has 2 aliphatic rings. The van der Waals surface area contributed by atoms with E-state index in [9.17, 15) is 19.2 Å². The molecule has 3 atom stereocenters. The largest absolute Gasteiger partial charge is 0.481 e. The molecular formula is C23H28O6. The second-order valence-corrected chi connectivity index (χ2v) is 8.98. The van der Waals surface area contributed by atoms with Gasteiger partial charge in [-0.3, -0.25) is 19.2 Å². The number of aliphatic carboxylic acids is 1. The summed E-state index contributed by atoms with van der Waals surface area (Å²) < 4.78 is 5.44. The first kappa shape index (κ1) is 21.2. The molecule has 0 saturated heterocycles. The molecule has 2 aliphatic carbocycles. The first-order valence-corrected chi connectivity index (χ1v) is 10.1. The van der Waals surface area contributed by atoms with Crippen LogP contribution in [-0.4, -0.2) is 35.2 Å². The van der Waals surface area contributed by atoms with Crippen LogP contribution in [0.1, 0.15) is 85.6 Å². The minimum absolute atomic E-state index is 0.0131. The molecule has 1 saturated carbocycles. The highest BCUT2D eigenvalue weighted by Crippen LogP contribution is 2.57. The zero-order chi connectivity index (χ0) is 21.4. The van der Waals surface area contributed by atoms with Gasteiger partial charge in [-0.15, -0.1) is 0 Å². The summed E-state index contributed by atoms with van der Waals surface area (Å²) in [5.74, 6) is -1.57. The molecule has 1 fully saturated rings. The van der Waals surface area contributed by atoms with Crippen molar-refractivity contribution >= 4 is 23.5 Å². The van der Waals surface area contributed by atoms with Crippen LogP contribution in [-0.2, 0) is 19.7 Å². The molecule has 0 heterocycles. The van der Waals surface area contributed by atoms with Gasteiger partial charge >= 0.3 is 11.9 Å². The second kappa shape index (κ2) is 7.73. The molecule has 6 nitrogen and oxygen atoms in total. The zero-order valence-electron chi connectivity index (χ0n) is 17.2. The van der Waals surface area contributed by atoms with E-state index < -0.39 is 11.9 Å². The number of ketones is 2. The van der Waals surface area contributed by atoms with Gasteiger partial charge in [0.2, 0.25) is 0 Å². The molecule has 1 aromatic rings. The number of hydrogen-bond donors (Lipinski definition) is 1. The lowest BCUT2D eigenvalue weighted by Crippen LogP contribution is -2.52. The minimum atomic E-state index is -1.03. The van der Waals surface area contributed by atoms with E-state index in [2.05, 4.69) is 13.8 Å². The quantitative estimate of drug-likeness (QED) is 0.574. The number of carbonyl (C=O) groups is 4. The standard InChI is InChI=1S/C23H28O6/c1-14(24)15-5-6-17-16(11-15)18(25)12-19-22(2,9-4-10-23(17,19)3)13-29-21(28)8-7-20(26)27/h5-6,11,19H,4,7-10,12-13H2,1-3H3,(H,26,27). The van der Waals surface area contributed by atoms with Gasteiger partial charge in [-0.1, -0.05) is 32.4 Å². The molecular weight excluding hydrogens is 372 g/mol. The Morgan fingerprint density at radius 2 is 1.90 bits per heavy atom. The molecule has 1 N–H and O–H groups in total. The molecule has 6 heteroatoms. The van der Waals surface area contributed by atoms with Gasteiger partial charge in [0, 0.05) is 23.0 Å². The van der Waals surface area contributed by atoms with E-state index in [1.54, 1.807) is 12.1 Å². The molecule has 3 rings (SSSR count). The summed E-state index contributed by atoms with van der Waals surface area (Å²) >= 11 is 0. The number of carbonyl (C=O) groups excluding carboxylic acids is 3. The van der Waals surface area contributed by atoms with Crippen LogP contribution in [0.4, 0.5) is 0 Å². The normalized spacial score (nSPS) is 28.2. The zero-order valence-corrected chi connectivity index (χ0v) is 17.2. The van der Waals surface area contributed by atoms with Gasteiger partial charge in [-0.05, 0) is 42.7 Å². The summed E-state index contributed by atoms with van der Waals surface area (Å²) in [6.45, 7) is 5.90. The average Bonchev–Trinajstić information content (AvgIpc) is 2.66. The minimum Gasteiger partial charge on any atom is -0.481 e. The van der Waals surface area contributed by atoms with Crippen molar-refractivity contribution in [1.82, 2.24) is 0 Å². The van der Waals surface area contributed by atoms with Crippen molar-refractivity contribution in [1.29, 1.82) is 0 Å². The Hall–Kier alpha value is -2.50. The van der Waals surface area contributed by atoms with Gasteiger partial charge in [-0.25, -0.2) is 0 Å².